The molecule has 1 aromatic carbocycles. The summed E-state index contributed by atoms with van der Waals surface area (Å²) in [6, 6.07) is 6.77. The number of hydrogen-bond acceptors (Lipinski definition) is 2. The molecule has 21 heavy (non-hydrogen) atoms. The van der Waals surface area contributed by atoms with E-state index in [0.29, 0.717) is 0 Å². The Kier molecular flexibility index (Phi) is 8.60. The van der Waals surface area contributed by atoms with Gasteiger partial charge in [-0.3, -0.25) is 0 Å². The van der Waals surface area contributed by atoms with E-state index in [1.54, 1.807) is 7.11 Å². The Balaban J connectivity index is 2.34. The van der Waals surface area contributed by atoms with Crippen molar-refractivity contribution in [1.82, 2.24) is 0 Å². The molecular weight excluding hydrogens is 262 g/mol. The van der Waals surface area contributed by atoms with Gasteiger partial charge in [0.25, 0.3) is 0 Å². The molecule has 0 aliphatic heterocycles. The summed E-state index contributed by atoms with van der Waals surface area (Å²) in [5, 5.41) is 2.41. The first kappa shape index (κ1) is 17.6. The average molecular weight is 292 g/mol. The fourth-order valence-electron chi connectivity index (χ4n) is 2.10. The summed E-state index contributed by atoms with van der Waals surface area (Å²) in [6.07, 6.45) is 7.56. The molecule has 0 aliphatic rings. The summed E-state index contributed by atoms with van der Waals surface area (Å²) in [5.41, 5.74) is 1.13. The molecule has 1 rings (SSSR count). The number of benzene rings is 1. The van der Waals surface area contributed by atoms with Crippen LogP contribution < -0.4 is 14.8 Å². The molecule has 0 heterocycles. The number of hydrogen-bond donors (Lipinski definition) is 1. The Hall–Kier alpha value is -1.48. The van der Waals surface area contributed by atoms with Gasteiger partial charge >= 0.3 is 0 Å². The van der Waals surface area contributed by atoms with Gasteiger partial charge in [0.05, 0.1) is 26.3 Å². The van der Waals surface area contributed by atoms with Gasteiger partial charge in [-0.05, 0) is 50.8 Å². The van der Waals surface area contributed by atoms with Gasteiger partial charge in [-0.15, -0.1) is 0 Å². The molecule has 0 aliphatic carbocycles. The lowest BCUT2D eigenvalue weighted by Gasteiger charge is -2.12. The number of rotatable bonds is 10. The van der Waals surface area contributed by atoms with Gasteiger partial charge in [0, 0.05) is 0 Å². The highest BCUT2D eigenvalue weighted by Crippen LogP contribution is 2.28. The van der Waals surface area contributed by atoms with Crippen molar-refractivity contribution in [2.45, 2.75) is 46.1 Å². The predicted octanol–water partition coefficient (Wildman–Crippen LogP) is 3.25. The van der Waals surface area contributed by atoms with Crippen molar-refractivity contribution in [2.75, 3.05) is 20.3 Å². The second kappa shape index (κ2) is 10.3. The second-order valence-corrected chi connectivity index (χ2v) is 5.38. The summed E-state index contributed by atoms with van der Waals surface area (Å²) < 4.78 is 11.2. The van der Waals surface area contributed by atoms with Crippen molar-refractivity contribution < 1.29 is 14.8 Å². The molecule has 0 amide bonds. The first-order valence-corrected chi connectivity index (χ1v) is 7.98. The van der Waals surface area contributed by atoms with Crippen LogP contribution in [0.4, 0.5) is 0 Å². The fraction of sp³-hybridized carbons (Fsp3) is 0.556. The molecule has 0 saturated heterocycles. The summed E-state index contributed by atoms with van der Waals surface area (Å²) in [5.74, 6) is 1.63. The highest BCUT2D eigenvalue weighted by atomic mass is 16.5. The van der Waals surface area contributed by atoms with Gasteiger partial charge < -0.3 is 14.8 Å². The zero-order valence-corrected chi connectivity index (χ0v) is 13.9. The Labute approximate surface area is 129 Å². The molecule has 1 atom stereocenters. The molecule has 0 fully saturated rings. The minimum absolute atomic E-state index is 0.727. The third-order valence-corrected chi connectivity index (χ3v) is 3.62. The quantitative estimate of drug-likeness (QED) is 0.672. The summed E-state index contributed by atoms with van der Waals surface area (Å²) in [7, 11) is 1.68. The van der Waals surface area contributed by atoms with Crippen LogP contribution in [0.1, 0.15) is 45.6 Å². The van der Waals surface area contributed by atoms with Crippen molar-refractivity contribution in [3.8, 4) is 11.5 Å². The van der Waals surface area contributed by atoms with E-state index in [1.807, 2.05) is 25.1 Å². The standard InChI is InChI=1S/C18H29NO2/c1-5-9-16-10-11-17(18(14-16)20-4)21-13-8-7-12-19-15(3)6-2/h5,9-11,14-15,19H,6-8,12-13H2,1-4H3/p+1/b9-5+/t15-/m1/s1. The Bertz CT molecular complexity index is 429. The molecule has 0 radical (unpaired) electrons. The minimum atomic E-state index is 0.727. The van der Waals surface area contributed by atoms with Crippen LogP contribution in [0.3, 0.4) is 0 Å². The molecule has 0 aromatic heterocycles. The Morgan fingerprint density at radius 2 is 2.05 bits per heavy atom. The van der Waals surface area contributed by atoms with Crippen molar-refractivity contribution in [3.63, 3.8) is 0 Å². The van der Waals surface area contributed by atoms with Crippen molar-refractivity contribution in [2.24, 2.45) is 0 Å². The molecule has 0 unspecified atom stereocenters. The predicted molar refractivity (Wildman–Crippen MR) is 89.0 cm³/mol. The van der Waals surface area contributed by atoms with Crippen molar-refractivity contribution in [1.29, 1.82) is 0 Å². The minimum Gasteiger partial charge on any atom is -0.493 e. The molecule has 3 heteroatoms. The molecule has 0 saturated carbocycles. The van der Waals surface area contributed by atoms with Crippen LogP contribution in [-0.4, -0.2) is 26.3 Å². The Morgan fingerprint density at radius 1 is 1.24 bits per heavy atom. The second-order valence-electron chi connectivity index (χ2n) is 5.38. The topological polar surface area (TPSA) is 35.1 Å². The van der Waals surface area contributed by atoms with E-state index in [9.17, 15) is 0 Å². The number of ether oxygens (including phenoxy) is 2. The maximum absolute atomic E-state index is 5.83. The van der Waals surface area contributed by atoms with Gasteiger partial charge in [0.15, 0.2) is 11.5 Å². The third-order valence-electron chi connectivity index (χ3n) is 3.62. The van der Waals surface area contributed by atoms with E-state index in [4.69, 9.17) is 9.47 Å². The SMILES string of the molecule is C/C=C/c1ccc(OCCCC[NH2+][C@H](C)CC)c(OC)c1. The number of methoxy groups -OCH3 is 1. The van der Waals surface area contributed by atoms with Crippen LogP contribution in [0, 0.1) is 0 Å². The lowest BCUT2D eigenvalue weighted by atomic mass is 10.2. The van der Waals surface area contributed by atoms with E-state index >= 15 is 0 Å². The highest BCUT2D eigenvalue weighted by molar-refractivity contribution is 5.55. The van der Waals surface area contributed by atoms with Crippen LogP contribution in [0.15, 0.2) is 24.3 Å². The summed E-state index contributed by atoms with van der Waals surface area (Å²) >= 11 is 0. The molecular formula is C18H30NO2+. The zero-order valence-electron chi connectivity index (χ0n) is 13.9. The largest absolute Gasteiger partial charge is 0.493 e. The lowest BCUT2D eigenvalue weighted by molar-refractivity contribution is -0.686. The van der Waals surface area contributed by atoms with Gasteiger partial charge in [-0.25, -0.2) is 0 Å². The van der Waals surface area contributed by atoms with Crippen LogP contribution in [0.25, 0.3) is 6.08 Å². The number of nitrogens with two attached hydrogens (primary N) is 1. The smallest absolute Gasteiger partial charge is 0.161 e. The zero-order chi connectivity index (χ0) is 15.5. The normalized spacial score (nSPS) is 12.6. The van der Waals surface area contributed by atoms with Crippen LogP contribution >= 0.6 is 0 Å². The summed E-state index contributed by atoms with van der Waals surface area (Å²) in [4.78, 5) is 0. The van der Waals surface area contributed by atoms with E-state index in [-0.39, 0.29) is 0 Å². The first-order valence-electron chi connectivity index (χ1n) is 7.98. The third kappa shape index (κ3) is 6.67. The number of allylic oxidation sites excluding steroid dienone is 1. The van der Waals surface area contributed by atoms with Gasteiger partial charge in [0.1, 0.15) is 0 Å². The van der Waals surface area contributed by atoms with E-state index in [1.165, 1.54) is 19.4 Å². The van der Waals surface area contributed by atoms with Crippen LogP contribution in [0.2, 0.25) is 0 Å². The maximum atomic E-state index is 5.83. The van der Waals surface area contributed by atoms with Gasteiger partial charge in [0.2, 0.25) is 0 Å². The lowest BCUT2D eigenvalue weighted by Crippen LogP contribution is -2.89. The molecule has 3 nitrogen and oxygen atoms in total. The van der Waals surface area contributed by atoms with E-state index in [2.05, 4.69) is 31.3 Å². The number of unbranched alkanes of at least 4 members (excludes halogenated alkanes) is 1. The first-order chi connectivity index (χ1) is 10.2. The van der Waals surface area contributed by atoms with E-state index in [0.717, 1.165) is 36.1 Å². The molecule has 0 spiro atoms. The van der Waals surface area contributed by atoms with Gasteiger partial charge in [-0.2, -0.15) is 0 Å². The van der Waals surface area contributed by atoms with Gasteiger partial charge in [-0.1, -0.05) is 25.1 Å². The average Bonchev–Trinajstić information content (AvgIpc) is 2.51. The van der Waals surface area contributed by atoms with Crippen molar-refractivity contribution >= 4 is 6.08 Å². The highest BCUT2D eigenvalue weighted by Gasteiger charge is 2.05. The molecule has 1 aromatic rings. The monoisotopic (exact) mass is 292 g/mol. The fourth-order valence-corrected chi connectivity index (χ4v) is 2.10. The van der Waals surface area contributed by atoms with Crippen LogP contribution in [-0.2, 0) is 0 Å². The number of quaternary nitrogens is 1. The molecule has 2 N–H and O–H groups in total. The summed E-state index contributed by atoms with van der Waals surface area (Å²) in [6.45, 7) is 8.43. The molecule has 118 valence electrons. The van der Waals surface area contributed by atoms with Crippen molar-refractivity contribution in [3.05, 3.63) is 29.8 Å². The Morgan fingerprint density at radius 3 is 2.71 bits per heavy atom. The van der Waals surface area contributed by atoms with Crippen LogP contribution in [0.5, 0.6) is 11.5 Å². The van der Waals surface area contributed by atoms with E-state index < -0.39 is 0 Å². The maximum Gasteiger partial charge on any atom is 0.161 e. The molecule has 0 bridgehead atoms.